The number of hydrogen-bond acceptors (Lipinski definition) is 5. The zero-order valence-electron chi connectivity index (χ0n) is 19.3. The summed E-state index contributed by atoms with van der Waals surface area (Å²) in [5.74, 6) is -2.58. The van der Waals surface area contributed by atoms with Gasteiger partial charge in [-0.1, -0.05) is 18.2 Å². The first-order valence-electron chi connectivity index (χ1n) is 11.4. The van der Waals surface area contributed by atoms with Crippen molar-refractivity contribution < 1.29 is 32.6 Å². The van der Waals surface area contributed by atoms with E-state index in [1.807, 2.05) is 0 Å². The van der Waals surface area contributed by atoms with Crippen LogP contribution in [0.4, 0.5) is 8.78 Å². The second kappa shape index (κ2) is 10.5. The van der Waals surface area contributed by atoms with Crippen LogP contribution in [-0.4, -0.2) is 79.2 Å². The topological polar surface area (TPSA) is 88.2 Å². The third kappa shape index (κ3) is 5.03. The Labute approximate surface area is 201 Å². The fourth-order valence-electron chi connectivity index (χ4n) is 4.59. The standard InChI is InChI=1S/C25H27F2N3O5/c1-34-14-11-28-22(31)21-16-35-25(30(21)23(32)17-5-4-6-18(26)15-17)9-12-29(13-10-25)24(33)19-7-2-3-8-20(19)27/h2-8,15,21H,9-14,16H2,1H3,(H,28,31)/t21-/m1/s1. The van der Waals surface area contributed by atoms with Crippen LogP contribution in [0.5, 0.6) is 0 Å². The lowest BCUT2D eigenvalue weighted by molar-refractivity contribution is -0.128. The number of halogens is 2. The largest absolute Gasteiger partial charge is 0.383 e. The maximum Gasteiger partial charge on any atom is 0.256 e. The van der Waals surface area contributed by atoms with E-state index in [4.69, 9.17) is 9.47 Å². The van der Waals surface area contributed by atoms with Gasteiger partial charge in [0, 0.05) is 45.1 Å². The molecule has 35 heavy (non-hydrogen) atoms. The molecule has 10 heteroatoms. The van der Waals surface area contributed by atoms with Crippen molar-refractivity contribution in [2.45, 2.75) is 24.6 Å². The van der Waals surface area contributed by atoms with E-state index >= 15 is 0 Å². The summed E-state index contributed by atoms with van der Waals surface area (Å²) in [6.45, 7) is 0.901. The molecule has 2 saturated heterocycles. The first-order chi connectivity index (χ1) is 16.9. The number of carbonyl (C=O) groups excluding carboxylic acids is 3. The van der Waals surface area contributed by atoms with Crippen LogP contribution in [0.1, 0.15) is 33.6 Å². The number of hydrogen-bond donors (Lipinski definition) is 1. The fraction of sp³-hybridized carbons (Fsp3) is 0.400. The maximum atomic E-state index is 14.1. The molecule has 8 nitrogen and oxygen atoms in total. The number of methoxy groups -OCH3 is 1. The minimum Gasteiger partial charge on any atom is -0.383 e. The number of nitrogens with one attached hydrogen (secondary N) is 1. The first kappa shape index (κ1) is 24.7. The van der Waals surface area contributed by atoms with Crippen LogP contribution >= 0.6 is 0 Å². The Morgan fingerprint density at radius 2 is 1.83 bits per heavy atom. The zero-order chi connectivity index (χ0) is 25.0. The highest BCUT2D eigenvalue weighted by Crippen LogP contribution is 2.39. The number of benzene rings is 2. The lowest BCUT2D eigenvalue weighted by Crippen LogP contribution is -2.60. The van der Waals surface area contributed by atoms with Crippen molar-refractivity contribution in [3.8, 4) is 0 Å². The second-order valence-electron chi connectivity index (χ2n) is 8.51. The van der Waals surface area contributed by atoms with Crippen LogP contribution in [-0.2, 0) is 14.3 Å². The van der Waals surface area contributed by atoms with Crippen molar-refractivity contribution in [3.63, 3.8) is 0 Å². The number of carbonyl (C=O) groups is 3. The lowest BCUT2D eigenvalue weighted by Gasteiger charge is -2.44. The van der Waals surface area contributed by atoms with Gasteiger partial charge in [0.1, 0.15) is 23.4 Å². The molecule has 1 N–H and O–H groups in total. The number of piperidine rings is 1. The molecule has 2 aromatic rings. The van der Waals surface area contributed by atoms with Gasteiger partial charge < -0.3 is 19.7 Å². The third-order valence-corrected chi connectivity index (χ3v) is 6.40. The SMILES string of the molecule is COCCNC(=O)[C@H]1COC2(CCN(C(=O)c3ccccc3F)CC2)N1C(=O)c1cccc(F)c1. The normalized spacial score (nSPS) is 19.1. The van der Waals surface area contributed by atoms with E-state index < -0.39 is 41.1 Å². The molecule has 0 aliphatic carbocycles. The summed E-state index contributed by atoms with van der Waals surface area (Å²) in [7, 11) is 1.51. The van der Waals surface area contributed by atoms with Crippen LogP contribution in [0.15, 0.2) is 48.5 Å². The maximum absolute atomic E-state index is 14.1. The quantitative estimate of drug-likeness (QED) is 0.632. The Balaban J connectivity index is 1.57. The zero-order valence-corrected chi connectivity index (χ0v) is 19.3. The van der Waals surface area contributed by atoms with Crippen LogP contribution < -0.4 is 5.32 Å². The van der Waals surface area contributed by atoms with Gasteiger partial charge in [-0.15, -0.1) is 0 Å². The molecule has 0 unspecified atom stereocenters. The van der Waals surface area contributed by atoms with E-state index in [2.05, 4.69) is 5.32 Å². The van der Waals surface area contributed by atoms with Crippen LogP contribution in [0.25, 0.3) is 0 Å². The van der Waals surface area contributed by atoms with E-state index in [1.165, 1.54) is 53.3 Å². The lowest BCUT2D eigenvalue weighted by atomic mass is 9.96. The number of rotatable bonds is 6. The molecule has 2 aliphatic heterocycles. The molecule has 4 rings (SSSR count). The van der Waals surface area contributed by atoms with Gasteiger partial charge in [-0.2, -0.15) is 0 Å². The summed E-state index contributed by atoms with van der Waals surface area (Å²) in [6.07, 6.45) is 0.437. The first-order valence-corrected chi connectivity index (χ1v) is 11.4. The summed E-state index contributed by atoms with van der Waals surface area (Å²) in [5, 5.41) is 2.73. The Hall–Kier alpha value is -3.37. The van der Waals surface area contributed by atoms with E-state index in [1.54, 1.807) is 6.07 Å². The minimum absolute atomic E-state index is 0.0288. The smallest absolute Gasteiger partial charge is 0.256 e. The molecule has 2 fully saturated rings. The van der Waals surface area contributed by atoms with Gasteiger partial charge in [0.15, 0.2) is 0 Å². The molecule has 3 amide bonds. The second-order valence-corrected chi connectivity index (χ2v) is 8.51. The molecule has 0 bridgehead atoms. The van der Waals surface area contributed by atoms with Gasteiger partial charge in [-0.05, 0) is 30.3 Å². The van der Waals surface area contributed by atoms with Gasteiger partial charge in [0.2, 0.25) is 5.91 Å². The molecular formula is C25H27F2N3O5. The van der Waals surface area contributed by atoms with Gasteiger partial charge in [0.05, 0.1) is 18.8 Å². The number of ether oxygens (including phenoxy) is 2. The van der Waals surface area contributed by atoms with Crippen molar-refractivity contribution in [2.24, 2.45) is 0 Å². The van der Waals surface area contributed by atoms with E-state index in [0.29, 0.717) is 6.61 Å². The average Bonchev–Trinajstić information content (AvgIpc) is 3.22. The van der Waals surface area contributed by atoms with Crippen molar-refractivity contribution in [3.05, 3.63) is 71.3 Å². The molecule has 0 radical (unpaired) electrons. The summed E-state index contributed by atoms with van der Waals surface area (Å²) in [6, 6.07) is 10.1. The van der Waals surface area contributed by atoms with Crippen LogP contribution in [0, 0.1) is 11.6 Å². The monoisotopic (exact) mass is 487 g/mol. The molecule has 0 aromatic heterocycles. The van der Waals surface area contributed by atoms with Crippen LogP contribution in [0.3, 0.4) is 0 Å². The van der Waals surface area contributed by atoms with Gasteiger partial charge in [-0.25, -0.2) is 8.78 Å². The molecule has 2 aliphatic rings. The molecule has 2 heterocycles. The Morgan fingerprint density at radius 3 is 2.51 bits per heavy atom. The van der Waals surface area contributed by atoms with E-state index in [0.717, 1.165) is 6.07 Å². The molecule has 1 atom stereocenters. The summed E-state index contributed by atoms with van der Waals surface area (Å²) in [4.78, 5) is 42.2. The van der Waals surface area contributed by atoms with Gasteiger partial charge in [-0.3, -0.25) is 19.3 Å². The highest BCUT2D eigenvalue weighted by Gasteiger charge is 2.54. The van der Waals surface area contributed by atoms with E-state index in [-0.39, 0.29) is 50.2 Å². The predicted molar refractivity (Wildman–Crippen MR) is 121 cm³/mol. The molecule has 1 spiro atoms. The fourth-order valence-corrected chi connectivity index (χ4v) is 4.59. The Bertz CT molecular complexity index is 1100. The van der Waals surface area contributed by atoms with Crippen molar-refractivity contribution in [2.75, 3.05) is 40.0 Å². The summed E-state index contributed by atoms with van der Waals surface area (Å²) >= 11 is 0. The van der Waals surface area contributed by atoms with Gasteiger partial charge >= 0.3 is 0 Å². The van der Waals surface area contributed by atoms with Crippen molar-refractivity contribution >= 4 is 17.7 Å². The van der Waals surface area contributed by atoms with Gasteiger partial charge in [0.25, 0.3) is 11.8 Å². The van der Waals surface area contributed by atoms with Crippen LogP contribution in [0.2, 0.25) is 0 Å². The Morgan fingerprint density at radius 1 is 1.09 bits per heavy atom. The number of nitrogens with zero attached hydrogens (tertiary/aromatic N) is 2. The number of likely N-dealkylation sites (tertiary alicyclic amines) is 1. The van der Waals surface area contributed by atoms with Crippen molar-refractivity contribution in [1.82, 2.24) is 15.1 Å². The number of amides is 3. The molecular weight excluding hydrogens is 460 g/mol. The van der Waals surface area contributed by atoms with Crippen molar-refractivity contribution in [1.29, 1.82) is 0 Å². The molecule has 186 valence electrons. The van der Waals surface area contributed by atoms with E-state index in [9.17, 15) is 23.2 Å². The minimum atomic E-state index is -1.15. The summed E-state index contributed by atoms with van der Waals surface area (Å²) < 4.78 is 39.0. The average molecular weight is 488 g/mol. The molecule has 0 saturated carbocycles. The summed E-state index contributed by atoms with van der Waals surface area (Å²) in [5.41, 5.74) is -1.09. The molecule has 2 aromatic carbocycles. The Kier molecular flexibility index (Phi) is 7.42. The highest BCUT2D eigenvalue weighted by atomic mass is 19.1. The highest BCUT2D eigenvalue weighted by molar-refractivity contribution is 5.98. The predicted octanol–water partition coefficient (Wildman–Crippen LogP) is 2.20. The third-order valence-electron chi connectivity index (χ3n) is 6.40.